The fraction of sp³-hybridized carbons (Fsp3) is 0.381. The third-order valence-corrected chi connectivity index (χ3v) is 5.24. The summed E-state index contributed by atoms with van der Waals surface area (Å²) in [5.74, 6) is -0.556. The maximum Gasteiger partial charge on any atom is 0.253 e. The van der Waals surface area contributed by atoms with E-state index in [1.165, 1.54) is 0 Å². The first-order chi connectivity index (χ1) is 13.8. The van der Waals surface area contributed by atoms with E-state index in [1.54, 1.807) is 24.3 Å². The van der Waals surface area contributed by atoms with Crippen LogP contribution in [-0.2, 0) is 4.74 Å². The van der Waals surface area contributed by atoms with Crippen molar-refractivity contribution < 1.29 is 30.0 Å². The Morgan fingerprint density at radius 3 is 2.41 bits per heavy atom. The number of rotatable bonds is 5. The van der Waals surface area contributed by atoms with Crippen molar-refractivity contribution in [2.24, 2.45) is 0 Å². The lowest BCUT2D eigenvalue weighted by molar-refractivity contribution is -0.252. The monoisotopic (exact) mass is 402 g/mol. The molecule has 1 fully saturated rings. The predicted octanol–water partition coefficient (Wildman–Crippen LogP) is 0.577. The topological polar surface area (TPSA) is 131 Å². The highest BCUT2D eigenvalue weighted by Gasteiger charge is 2.44. The molecule has 0 radical (unpaired) electrons. The molecule has 0 aliphatic carbocycles. The van der Waals surface area contributed by atoms with Gasteiger partial charge in [0.25, 0.3) is 5.91 Å². The summed E-state index contributed by atoms with van der Waals surface area (Å²) in [5.41, 5.74) is 3.86. The molecule has 0 saturated carbocycles. The van der Waals surface area contributed by atoms with E-state index in [0.717, 1.165) is 16.8 Å². The zero-order valence-corrected chi connectivity index (χ0v) is 16.2. The van der Waals surface area contributed by atoms with Gasteiger partial charge >= 0.3 is 0 Å². The second-order valence-corrected chi connectivity index (χ2v) is 7.15. The zero-order valence-electron chi connectivity index (χ0n) is 16.2. The second kappa shape index (κ2) is 8.89. The van der Waals surface area contributed by atoms with E-state index in [2.05, 4.69) is 10.6 Å². The molecule has 1 heterocycles. The van der Waals surface area contributed by atoms with Gasteiger partial charge in [-0.05, 0) is 43.2 Å². The molecule has 1 saturated heterocycles. The van der Waals surface area contributed by atoms with Crippen LogP contribution in [0.1, 0.15) is 21.5 Å². The van der Waals surface area contributed by atoms with Crippen molar-refractivity contribution in [1.29, 1.82) is 0 Å². The Kier molecular flexibility index (Phi) is 6.51. The van der Waals surface area contributed by atoms with E-state index >= 15 is 0 Å². The Bertz CT molecular complexity index is 874. The number of aliphatic hydroxyl groups is 4. The summed E-state index contributed by atoms with van der Waals surface area (Å²) in [7, 11) is 0. The Morgan fingerprint density at radius 2 is 1.69 bits per heavy atom. The largest absolute Gasteiger partial charge is 0.394 e. The minimum absolute atomic E-state index is 0.298. The van der Waals surface area contributed by atoms with Crippen LogP contribution in [-0.4, -0.2) is 63.6 Å². The highest BCUT2D eigenvalue weighted by Crippen LogP contribution is 2.26. The molecule has 1 aliphatic rings. The van der Waals surface area contributed by atoms with Crippen molar-refractivity contribution in [3.8, 4) is 0 Å². The van der Waals surface area contributed by atoms with Gasteiger partial charge in [0.1, 0.15) is 24.4 Å². The first-order valence-electron chi connectivity index (χ1n) is 9.37. The van der Waals surface area contributed by atoms with Crippen LogP contribution in [0.5, 0.6) is 0 Å². The van der Waals surface area contributed by atoms with Crippen molar-refractivity contribution >= 4 is 17.3 Å². The molecule has 5 unspecified atom stereocenters. The van der Waals surface area contributed by atoms with Gasteiger partial charge in [-0.15, -0.1) is 0 Å². The van der Waals surface area contributed by atoms with Crippen molar-refractivity contribution in [1.82, 2.24) is 5.32 Å². The molecule has 2 aromatic carbocycles. The minimum Gasteiger partial charge on any atom is -0.394 e. The van der Waals surface area contributed by atoms with Crippen LogP contribution in [0.25, 0.3) is 0 Å². The molecule has 2 aromatic rings. The summed E-state index contributed by atoms with van der Waals surface area (Å²) in [4.78, 5) is 12.9. The number of benzene rings is 2. The molecular weight excluding hydrogens is 376 g/mol. The predicted molar refractivity (Wildman–Crippen MR) is 107 cm³/mol. The van der Waals surface area contributed by atoms with Crippen molar-refractivity contribution in [3.63, 3.8) is 0 Å². The summed E-state index contributed by atoms with van der Waals surface area (Å²) < 4.78 is 5.09. The van der Waals surface area contributed by atoms with E-state index < -0.39 is 43.2 Å². The number of amides is 1. The van der Waals surface area contributed by atoms with Crippen LogP contribution in [0.3, 0.4) is 0 Å². The number of hydrogen-bond acceptors (Lipinski definition) is 7. The van der Waals surface area contributed by atoms with E-state index in [-0.39, 0.29) is 0 Å². The molecule has 29 heavy (non-hydrogen) atoms. The molecule has 156 valence electrons. The van der Waals surface area contributed by atoms with Crippen molar-refractivity contribution in [3.05, 3.63) is 59.2 Å². The summed E-state index contributed by atoms with van der Waals surface area (Å²) in [5, 5.41) is 45.3. The average molecular weight is 402 g/mol. The van der Waals surface area contributed by atoms with Crippen LogP contribution in [0.2, 0.25) is 0 Å². The molecule has 8 heteroatoms. The maximum absolute atomic E-state index is 12.9. The number of aryl methyl sites for hydroxylation is 1. The number of carbonyl (C=O) groups is 1. The minimum atomic E-state index is -1.58. The molecule has 0 spiro atoms. The van der Waals surface area contributed by atoms with Gasteiger partial charge in [-0.2, -0.15) is 0 Å². The van der Waals surface area contributed by atoms with E-state index in [4.69, 9.17) is 9.84 Å². The third kappa shape index (κ3) is 4.42. The van der Waals surface area contributed by atoms with E-state index in [9.17, 15) is 20.1 Å². The van der Waals surface area contributed by atoms with E-state index in [1.807, 2.05) is 32.0 Å². The van der Waals surface area contributed by atoms with Gasteiger partial charge in [0.05, 0.1) is 17.9 Å². The van der Waals surface area contributed by atoms with Gasteiger partial charge in [-0.3, -0.25) is 4.79 Å². The number of anilines is 2. The number of nitrogens with one attached hydrogen (secondary N) is 2. The normalized spacial score (nSPS) is 26.8. The number of para-hydroxylation sites is 1. The van der Waals surface area contributed by atoms with Crippen LogP contribution in [0, 0.1) is 13.8 Å². The molecule has 6 N–H and O–H groups in total. The highest BCUT2D eigenvalue weighted by atomic mass is 16.6. The van der Waals surface area contributed by atoms with Gasteiger partial charge < -0.3 is 35.8 Å². The average Bonchev–Trinajstić information content (AvgIpc) is 2.71. The molecule has 0 bridgehead atoms. The van der Waals surface area contributed by atoms with Crippen LogP contribution >= 0.6 is 0 Å². The fourth-order valence-electron chi connectivity index (χ4n) is 3.30. The van der Waals surface area contributed by atoms with Gasteiger partial charge in [0.2, 0.25) is 0 Å². The first-order valence-corrected chi connectivity index (χ1v) is 9.37. The SMILES string of the molecule is Cc1cccc(Nc2ccccc2C(=O)NC2C(O)OC(CO)C(O)C2O)c1C. The zero-order chi connectivity index (χ0) is 21.1. The summed E-state index contributed by atoms with van der Waals surface area (Å²) >= 11 is 0. The Labute approximate surface area is 168 Å². The Morgan fingerprint density at radius 1 is 1.00 bits per heavy atom. The lowest BCUT2D eigenvalue weighted by Crippen LogP contribution is -2.64. The lowest BCUT2D eigenvalue weighted by atomic mass is 9.96. The summed E-state index contributed by atoms with van der Waals surface area (Å²) in [6.45, 7) is 3.40. The number of ether oxygens (including phenoxy) is 1. The summed E-state index contributed by atoms with van der Waals surface area (Å²) in [6, 6.07) is 11.4. The third-order valence-electron chi connectivity index (χ3n) is 5.24. The molecule has 1 aliphatic heterocycles. The molecular formula is C21H26N2O6. The summed E-state index contributed by atoms with van der Waals surface area (Å²) in [6.07, 6.45) is -5.66. The van der Waals surface area contributed by atoms with Crippen LogP contribution in [0.4, 0.5) is 11.4 Å². The highest BCUT2D eigenvalue weighted by molar-refractivity contribution is 6.00. The van der Waals surface area contributed by atoms with Crippen LogP contribution < -0.4 is 10.6 Å². The molecule has 1 amide bonds. The van der Waals surface area contributed by atoms with Crippen LogP contribution in [0.15, 0.2) is 42.5 Å². The Balaban J connectivity index is 1.81. The van der Waals surface area contributed by atoms with Gasteiger partial charge in [-0.1, -0.05) is 24.3 Å². The second-order valence-electron chi connectivity index (χ2n) is 7.15. The van der Waals surface area contributed by atoms with Crippen molar-refractivity contribution in [2.75, 3.05) is 11.9 Å². The standard InChI is InChI=1S/C21H26N2O6/c1-11-6-5-9-14(12(11)2)22-15-8-4-3-7-13(15)20(27)23-17-19(26)18(25)16(10-24)29-21(17)28/h3-9,16-19,21-22,24-26,28H,10H2,1-2H3,(H,23,27). The molecule has 8 nitrogen and oxygen atoms in total. The molecule has 5 atom stereocenters. The first kappa shape index (κ1) is 21.2. The quantitative estimate of drug-likeness (QED) is 0.431. The van der Waals surface area contributed by atoms with Gasteiger partial charge in [0.15, 0.2) is 6.29 Å². The van der Waals surface area contributed by atoms with Crippen molar-refractivity contribution in [2.45, 2.75) is 44.5 Å². The van der Waals surface area contributed by atoms with Gasteiger partial charge in [0, 0.05) is 5.69 Å². The lowest BCUT2D eigenvalue weighted by Gasteiger charge is -2.40. The Hall–Kier alpha value is -2.49. The molecule has 0 aromatic heterocycles. The smallest absolute Gasteiger partial charge is 0.253 e. The number of aliphatic hydroxyl groups excluding tert-OH is 4. The van der Waals surface area contributed by atoms with E-state index in [0.29, 0.717) is 11.3 Å². The number of carbonyl (C=O) groups excluding carboxylic acids is 1. The maximum atomic E-state index is 12.9. The number of hydrogen-bond donors (Lipinski definition) is 6. The molecule has 3 rings (SSSR count). The fourth-order valence-corrected chi connectivity index (χ4v) is 3.30. The van der Waals surface area contributed by atoms with Gasteiger partial charge in [-0.25, -0.2) is 0 Å².